The smallest absolute Gasteiger partial charge is 0.313 e. The minimum absolute atomic E-state index is 0.0916. The molecule has 0 atom stereocenters. The lowest BCUT2D eigenvalue weighted by Gasteiger charge is -2.17. The van der Waals surface area contributed by atoms with Crippen LogP contribution in [-0.4, -0.2) is 53.6 Å². The highest BCUT2D eigenvalue weighted by molar-refractivity contribution is 8.00. The van der Waals surface area contributed by atoms with Crippen LogP contribution in [-0.2, 0) is 9.59 Å². The van der Waals surface area contributed by atoms with E-state index < -0.39 is 5.97 Å². The maximum absolute atomic E-state index is 12.7. The first-order chi connectivity index (χ1) is 9.49. The second kappa shape index (κ2) is 8.42. The van der Waals surface area contributed by atoms with Gasteiger partial charge in [-0.25, -0.2) is 4.39 Å². The second-order valence-electron chi connectivity index (χ2n) is 4.00. The molecule has 1 rings (SSSR count). The Bertz CT molecular complexity index is 452. The minimum atomic E-state index is -0.940. The van der Waals surface area contributed by atoms with Gasteiger partial charge >= 0.3 is 5.97 Å². The lowest BCUT2D eigenvalue weighted by Crippen LogP contribution is -2.32. The van der Waals surface area contributed by atoms with E-state index in [1.807, 2.05) is 0 Å². The van der Waals surface area contributed by atoms with Crippen molar-refractivity contribution in [3.05, 3.63) is 30.1 Å². The van der Waals surface area contributed by atoms with E-state index in [1.165, 1.54) is 29.2 Å². The molecule has 0 aliphatic carbocycles. The van der Waals surface area contributed by atoms with E-state index >= 15 is 0 Å². The molecule has 0 spiro atoms. The number of aliphatic carboxylic acids is 1. The van der Waals surface area contributed by atoms with E-state index in [-0.39, 0.29) is 29.8 Å². The van der Waals surface area contributed by atoms with Gasteiger partial charge in [0.1, 0.15) is 18.2 Å². The van der Waals surface area contributed by atoms with Crippen LogP contribution >= 0.6 is 11.8 Å². The average molecular weight is 301 g/mol. The quantitative estimate of drug-likeness (QED) is 0.788. The first-order valence-electron chi connectivity index (χ1n) is 5.91. The summed E-state index contributed by atoms with van der Waals surface area (Å²) in [5.41, 5.74) is 0. The molecule has 0 bridgehead atoms. The number of benzene rings is 1. The summed E-state index contributed by atoms with van der Waals surface area (Å²) in [6.45, 7) is 0.668. The van der Waals surface area contributed by atoms with E-state index in [1.54, 1.807) is 7.05 Å². The highest BCUT2D eigenvalue weighted by Gasteiger charge is 2.09. The molecule has 7 heteroatoms. The normalized spacial score (nSPS) is 10.1. The zero-order valence-corrected chi connectivity index (χ0v) is 11.9. The number of halogens is 1. The maximum atomic E-state index is 12.7. The van der Waals surface area contributed by atoms with Crippen LogP contribution in [0.2, 0.25) is 0 Å². The van der Waals surface area contributed by atoms with E-state index in [0.29, 0.717) is 12.3 Å². The number of carbonyl (C=O) groups is 2. The van der Waals surface area contributed by atoms with Crippen LogP contribution in [0.5, 0.6) is 5.75 Å². The zero-order valence-electron chi connectivity index (χ0n) is 11.0. The molecular weight excluding hydrogens is 285 g/mol. The molecule has 0 saturated heterocycles. The number of hydrogen-bond donors (Lipinski definition) is 1. The number of hydrogen-bond acceptors (Lipinski definition) is 4. The predicted octanol–water partition coefficient (Wildman–Crippen LogP) is 1.48. The van der Waals surface area contributed by atoms with Crippen LogP contribution in [0.3, 0.4) is 0 Å². The Balaban J connectivity index is 2.21. The largest absolute Gasteiger partial charge is 0.492 e. The molecule has 0 aliphatic heterocycles. The number of carboxylic acids is 1. The Morgan fingerprint density at radius 3 is 2.55 bits per heavy atom. The fourth-order valence-electron chi connectivity index (χ4n) is 1.29. The van der Waals surface area contributed by atoms with Crippen LogP contribution in [0.1, 0.15) is 0 Å². The minimum Gasteiger partial charge on any atom is -0.492 e. The van der Waals surface area contributed by atoms with Crippen LogP contribution in [0.4, 0.5) is 4.39 Å². The summed E-state index contributed by atoms with van der Waals surface area (Å²) >= 11 is 1.06. The molecule has 5 nitrogen and oxygen atoms in total. The summed E-state index contributed by atoms with van der Waals surface area (Å²) in [6, 6.07) is 5.62. The van der Waals surface area contributed by atoms with Gasteiger partial charge in [-0.1, -0.05) is 0 Å². The van der Waals surface area contributed by atoms with Crippen molar-refractivity contribution in [1.82, 2.24) is 4.90 Å². The molecule has 0 saturated carbocycles. The van der Waals surface area contributed by atoms with Crippen LogP contribution in [0.15, 0.2) is 24.3 Å². The first-order valence-corrected chi connectivity index (χ1v) is 7.06. The molecule has 1 aromatic rings. The number of amides is 1. The lowest BCUT2D eigenvalue weighted by molar-refractivity contribution is -0.133. The van der Waals surface area contributed by atoms with Gasteiger partial charge in [0.25, 0.3) is 0 Å². The second-order valence-corrected chi connectivity index (χ2v) is 4.99. The van der Waals surface area contributed by atoms with Gasteiger partial charge in [0.2, 0.25) is 5.91 Å². The summed E-state index contributed by atoms with van der Waals surface area (Å²) in [7, 11) is 1.62. The number of rotatable bonds is 8. The first kappa shape index (κ1) is 16.3. The third-order valence-electron chi connectivity index (χ3n) is 2.39. The Kier molecular flexibility index (Phi) is 6.86. The number of thioether (sulfide) groups is 1. The van der Waals surface area contributed by atoms with Gasteiger partial charge in [-0.2, -0.15) is 0 Å². The molecule has 0 aliphatic rings. The molecule has 0 unspecified atom stereocenters. The van der Waals surface area contributed by atoms with Crippen molar-refractivity contribution in [2.24, 2.45) is 0 Å². The highest BCUT2D eigenvalue weighted by atomic mass is 32.2. The molecule has 0 aromatic heterocycles. The molecule has 1 N–H and O–H groups in total. The molecular formula is C13H16FNO4S. The topological polar surface area (TPSA) is 66.8 Å². The SMILES string of the molecule is CN(CCOc1ccc(F)cc1)C(=O)CSCC(=O)O. The fourth-order valence-corrected chi connectivity index (χ4v) is 1.96. The number of ether oxygens (including phenoxy) is 1. The van der Waals surface area contributed by atoms with Gasteiger partial charge in [0.15, 0.2) is 0 Å². The summed E-state index contributed by atoms with van der Waals surface area (Å²) in [5.74, 6) is -0.859. The predicted molar refractivity (Wildman–Crippen MR) is 74.5 cm³/mol. The Hall–Kier alpha value is -1.76. The maximum Gasteiger partial charge on any atom is 0.313 e. The van der Waals surface area contributed by atoms with E-state index in [2.05, 4.69) is 0 Å². The molecule has 0 radical (unpaired) electrons. The van der Waals surface area contributed by atoms with Crippen molar-refractivity contribution in [2.75, 3.05) is 31.7 Å². The molecule has 20 heavy (non-hydrogen) atoms. The van der Waals surface area contributed by atoms with Crippen molar-refractivity contribution < 1.29 is 23.8 Å². The van der Waals surface area contributed by atoms with E-state index in [0.717, 1.165) is 11.8 Å². The third kappa shape index (κ3) is 6.42. The van der Waals surface area contributed by atoms with Crippen molar-refractivity contribution in [2.45, 2.75) is 0 Å². The average Bonchev–Trinajstić information content (AvgIpc) is 2.40. The van der Waals surface area contributed by atoms with Crippen LogP contribution in [0.25, 0.3) is 0 Å². The van der Waals surface area contributed by atoms with Gasteiger partial charge in [0.05, 0.1) is 18.1 Å². The van der Waals surface area contributed by atoms with Crippen molar-refractivity contribution in [1.29, 1.82) is 0 Å². The number of likely N-dealkylation sites (N-methyl/N-ethyl adjacent to an activating group) is 1. The molecule has 0 fully saturated rings. The highest BCUT2D eigenvalue weighted by Crippen LogP contribution is 2.10. The fraction of sp³-hybridized carbons (Fsp3) is 0.385. The Morgan fingerprint density at radius 1 is 1.30 bits per heavy atom. The molecule has 1 aromatic carbocycles. The number of carbonyl (C=O) groups excluding carboxylic acids is 1. The van der Waals surface area contributed by atoms with Gasteiger partial charge in [0, 0.05) is 7.05 Å². The Morgan fingerprint density at radius 2 is 1.95 bits per heavy atom. The van der Waals surface area contributed by atoms with Crippen molar-refractivity contribution in [3.8, 4) is 5.75 Å². The molecule has 1 amide bonds. The molecule has 110 valence electrons. The molecule has 0 heterocycles. The van der Waals surface area contributed by atoms with Crippen LogP contribution < -0.4 is 4.74 Å². The lowest BCUT2D eigenvalue weighted by atomic mass is 10.3. The zero-order chi connectivity index (χ0) is 15.0. The monoisotopic (exact) mass is 301 g/mol. The summed E-state index contributed by atoms with van der Waals surface area (Å²) in [6.07, 6.45) is 0. The number of carboxylic acid groups (broad SMARTS) is 1. The standard InChI is InChI=1S/C13H16FNO4S/c1-15(12(16)8-20-9-13(17)18)6-7-19-11-4-2-10(14)3-5-11/h2-5H,6-9H2,1H3,(H,17,18). The van der Waals surface area contributed by atoms with Crippen molar-refractivity contribution in [3.63, 3.8) is 0 Å². The Labute approximate surface area is 120 Å². The van der Waals surface area contributed by atoms with Gasteiger partial charge < -0.3 is 14.7 Å². The summed E-state index contributed by atoms with van der Waals surface area (Å²) in [4.78, 5) is 23.4. The van der Waals surface area contributed by atoms with Gasteiger partial charge in [-0.05, 0) is 24.3 Å². The van der Waals surface area contributed by atoms with Gasteiger partial charge in [-0.15, -0.1) is 11.8 Å². The van der Waals surface area contributed by atoms with E-state index in [4.69, 9.17) is 9.84 Å². The van der Waals surface area contributed by atoms with Crippen molar-refractivity contribution >= 4 is 23.6 Å². The number of nitrogens with zero attached hydrogens (tertiary/aromatic N) is 1. The van der Waals surface area contributed by atoms with Crippen LogP contribution in [0, 0.1) is 5.82 Å². The third-order valence-corrected chi connectivity index (χ3v) is 3.29. The summed E-state index contributed by atoms with van der Waals surface area (Å²) < 4.78 is 18.0. The summed E-state index contributed by atoms with van der Waals surface area (Å²) in [5, 5.41) is 8.46. The van der Waals surface area contributed by atoms with E-state index in [9.17, 15) is 14.0 Å². The van der Waals surface area contributed by atoms with Gasteiger partial charge in [-0.3, -0.25) is 9.59 Å².